The van der Waals surface area contributed by atoms with Crippen molar-refractivity contribution in [1.29, 1.82) is 0 Å². The van der Waals surface area contributed by atoms with Crippen LogP contribution in [0.2, 0.25) is 5.02 Å². The van der Waals surface area contributed by atoms with Crippen molar-refractivity contribution in [3.8, 4) is 11.5 Å². The van der Waals surface area contributed by atoms with E-state index in [-0.39, 0.29) is 12.5 Å². The molecule has 2 heterocycles. The van der Waals surface area contributed by atoms with Crippen LogP contribution in [0, 0.1) is 0 Å². The Balaban J connectivity index is 1.35. The van der Waals surface area contributed by atoms with Crippen molar-refractivity contribution >= 4 is 17.5 Å². The number of pyridine rings is 1. The van der Waals surface area contributed by atoms with Gasteiger partial charge in [-0.2, -0.15) is 0 Å². The number of rotatable bonds is 8. The molecule has 0 atom stereocenters. The zero-order valence-electron chi connectivity index (χ0n) is 18.7. The predicted molar refractivity (Wildman–Crippen MR) is 129 cm³/mol. The van der Waals surface area contributed by atoms with E-state index < -0.39 is 0 Å². The summed E-state index contributed by atoms with van der Waals surface area (Å²) in [6, 6.07) is 19.4. The third kappa shape index (κ3) is 6.46. The van der Waals surface area contributed by atoms with Crippen molar-refractivity contribution in [2.75, 3.05) is 33.4 Å². The quantitative estimate of drug-likeness (QED) is 0.499. The maximum Gasteiger partial charge on any atom is 0.260 e. The summed E-state index contributed by atoms with van der Waals surface area (Å²) in [6.07, 6.45) is 2.73. The van der Waals surface area contributed by atoms with E-state index in [1.165, 1.54) is 5.56 Å². The zero-order valence-corrected chi connectivity index (χ0v) is 19.5. The smallest absolute Gasteiger partial charge is 0.260 e. The van der Waals surface area contributed by atoms with Gasteiger partial charge < -0.3 is 19.3 Å². The molecule has 1 aliphatic heterocycles. The minimum Gasteiger partial charge on any atom is -0.491 e. The number of hydrogen-bond acceptors (Lipinski definition) is 5. The van der Waals surface area contributed by atoms with E-state index in [0.29, 0.717) is 30.5 Å². The molecule has 4 rings (SSSR count). The highest BCUT2D eigenvalue weighted by Gasteiger charge is 2.21. The fourth-order valence-corrected chi connectivity index (χ4v) is 3.98. The van der Waals surface area contributed by atoms with Crippen LogP contribution in [0.25, 0.3) is 0 Å². The molecule has 6 nitrogen and oxygen atoms in total. The lowest BCUT2D eigenvalue weighted by Crippen LogP contribution is -2.36. The van der Waals surface area contributed by atoms with E-state index in [2.05, 4.69) is 35.1 Å². The average molecular weight is 466 g/mol. The fourth-order valence-electron chi connectivity index (χ4n) is 3.79. The van der Waals surface area contributed by atoms with Gasteiger partial charge in [0.15, 0.2) is 6.61 Å². The highest BCUT2D eigenvalue weighted by Crippen LogP contribution is 2.26. The number of para-hydroxylation sites is 1. The van der Waals surface area contributed by atoms with Gasteiger partial charge >= 0.3 is 0 Å². The lowest BCUT2D eigenvalue weighted by molar-refractivity contribution is -0.134. The highest BCUT2D eigenvalue weighted by atomic mass is 35.5. The molecule has 0 saturated heterocycles. The molecule has 7 heteroatoms. The van der Waals surface area contributed by atoms with E-state index in [1.807, 2.05) is 36.5 Å². The summed E-state index contributed by atoms with van der Waals surface area (Å²) in [4.78, 5) is 21.3. The standard InChI is InChI=1S/C26H28ClN3O3/c1-29(13-11-22-6-4-5-12-28-22)17-20-9-10-24-21(16-20)18-30(14-15-32-24)26(31)19-33-25-8-3-2-7-23(25)27/h2-10,12,16H,11,13-15,17-19H2,1H3. The summed E-state index contributed by atoms with van der Waals surface area (Å²) in [5.41, 5.74) is 3.28. The normalized spacial score (nSPS) is 13.2. The van der Waals surface area contributed by atoms with Crippen LogP contribution >= 0.6 is 11.6 Å². The number of aromatic nitrogens is 1. The molecule has 0 fully saturated rings. The minimum absolute atomic E-state index is 0.0605. The van der Waals surface area contributed by atoms with Crippen LogP contribution in [0.5, 0.6) is 11.5 Å². The van der Waals surface area contributed by atoms with Crippen LogP contribution < -0.4 is 9.47 Å². The Kier molecular flexibility index (Phi) is 7.81. The van der Waals surface area contributed by atoms with Gasteiger partial charge in [-0.1, -0.05) is 35.9 Å². The van der Waals surface area contributed by atoms with Gasteiger partial charge in [-0.3, -0.25) is 9.78 Å². The number of likely N-dealkylation sites (N-methyl/N-ethyl adjacent to an activating group) is 1. The van der Waals surface area contributed by atoms with Gasteiger partial charge in [0.1, 0.15) is 18.1 Å². The monoisotopic (exact) mass is 465 g/mol. The van der Waals surface area contributed by atoms with Crippen LogP contribution in [0.3, 0.4) is 0 Å². The largest absolute Gasteiger partial charge is 0.491 e. The van der Waals surface area contributed by atoms with E-state index in [4.69, 9.17) is 21.1 Å². The first-order valence-electron chi connectivity index (χ1n) is 11.1. The molecule has 0 aliphatic carbocycles. The Morgan fingerprint density at radius 2 is 2.03 bits per heavy atom. The molecule has 2 aromatic carbocycles. The summed E-state index contributed by atoms with van der Waals surface area (Å²) in [5.74, 6) is 1.25. The van der Waals surface area contributed by atoms with Crippen LogP contribution in [-0.2, 0) is 24.3 Å². The number of carbonyl (C=O) groups excluding carboxylic acids is 1. The number of halogens is 1. The number of hydrogen-bond donors (Lipinski definition) is 0. The van der Waals surface area contributed by atoms with Crippen molar-refractivity contribution in [2.45, 2.75) is 19.5 Å². The average Bonchev–Trinajstić information content (AvgIpc) is 3.05. The van der Waals surface area contributed by atoms with Crippen molar-refractivity contribution in [3.05, 3.63) is 88.7 Å². The molecule has 1 aliphatic rings. The van der Waals surface area contributed by atoms with Gasteiger partial charge in [0.2, 0.25) is 0 Å². The van der Waals surface area contributed by atoms with Gasteiger partial charge in [-0.05, 0) is 49.0 Å². The maximum absolute atomic E-state index is 12.8. The second-order valence-electron chi connectivity index (χ2n) is 8.13. The Labute approximate surface area is 199 Å². The Morgan fingerprint density at radius 3 is 2.85 bits per heavy atom. The van der Waals surface area contributed by atoms with Crippen molar-refractivity contribution in [1.82, 2.24) is 14.8 Å². The first kappa shape index (κ1) is 23.1. The Morgan fingerprint density at radius 1 is 1.18 bits per heavy atom. The molecule has 0 unspecified atom stereocenters. The summed E-state index contributed by atoms with van der Waals surface area (Å²) >= 11 is 6.13. The predicted octanol–water partition coefficient (Wildman–Crippen LogP) is 4.21. The third-order valence-electron chi connectivity index (χ3n) is 5.57. The van der Waals surface area contributed by atoms with Gasteiger partial charge in [0, 0.05) is 43.5 Å². The molecule has 0 N–H and O–H groups in total. The van der Waals surface area contributed by atoms with E-state index in [0.717, 1.165) is 36.5 Å². The molecule has 172 valence electrons. The molecule has 0 radical (unpaired) electrons. The number of ether oxygens (including phenoxy) is 2. The van der Waals surface area contributed by atoms with Gasteiger partial charge in [0.05, 0.1) is 11.6 Å². The molecule has 0 bridgehead atoms. The van der Waals surface area contributed by atoms with E-state index in [9.17, 15) is 4.79 Å². The Bertz CT molecular complexity index is 1080. The second-order valence-corrected chi connectivity index (χ2v) is 8.54. The highest BCUT2D eigenvalue weighted by molar-refractivity contribution is 6.32. The Hall–Kier alpha value is -3.09. The van der Waals surface area contributed by atoms with Gasteiger partial charge in [-0.15, -0.1) is 0 Å². The summed E-state index contributed by atoms with van der Waals surface area (Å²) in [7, 11) is 2.10. The zero-order chi connectivity index (χ0) is 23.0. The molecule has 1 amide bonds. The SMILES string of the molecule is CN(CCc1ccccn1)Cc1ccc2c(c1)CN(C(=O)COc1ccccc1Cl)CCO2. The molecule has 1 aromatic heterocycles. The third-order valence-corrected chi connectivity index (χ3v) is 5.89. The van der Waals surface area contributed by atoms with Crippen LogP contribution in [0.4, 0.5) is 0 Å². The molecule has 3 aromatic rings. The number of amides is 1. The second kappa shape index (κ2) is 11.2. The van der Waals surface area contributed by atoms with Crippen LogP contribution in [0.15, 0.2) is 66.9 Å². The molecule has 0 spiro atoms. The maximum atomic E-state index is 12.8. The number of benzene rings is 2. The number of nitrogens with zero attached hydrogens (tertiary/aromatic N) is 3. The fraction of sp³-hybridized carbons (Fsp3) is 0.308. The van der Waals surface area contributed by atoms with E-state index >= 15 is 0 Å². The topological polar surface area (TPSA) is 54.9 Å². The lowest BCUT2D eigenvalue weighted by Gasteiger charge is -2.21. The first-order valence-corrected chi connectivity index (χ1v) is 11.4. The molecule has 33 heavy (non-hydrogen) atoms. The lowest BCUT2D eigenvalue weighted by atomic mass is 10.1. The van der Waals surface area contributed by atoms with Gasteiger partial charge in [-0.25, -0.2) is 0 Å². The van der Waals surface area contributed by atoms with E-state index in [1.54, 1.807) is 17.0 Å². The molecule has 0 saturated carbocycles. The van der Waals surface area contributed by atoms with Crippen LogP contribution in [-0.4, -0.2) is 54.0 Å². The molecular weight excluding hydrogens is 438 g/mol. The number of fused-ring (bicyclic) bond motifs is 1. The van der Waals surface area contributed by atoms with Crippen molar-refractivity contribution in [3.63, 3.8) is 0 Å². The summed E-state index contributed by atoms with van der Waals surface area (Å²) in [5, 5.41) is 0.492. The molecular formula is C26H28ClN3O3. The van der Waals surface area contributed by atoms with Crippen LogP contribution in [0.1, 0.15) is 16.8 Å². The number of carbonyl (C=O) groups is 1. The van der Waals surface area contributed by atoms with Crippen molar-refractivity contribution in [2.24, 2.45) is 0 Å². The van der Waals surface area contributed by atoms with Gasteiger partial charge in [0.25, 0.3) is 5.91 Å². The first-order chi connectivity index (χ1) is 16.1. The summed E-state index contributed by atoms with van der Waals surface area (Å²) < 4.78 is 11.5. The van der Waals surface area contributed by atoms with Crippen molar-refractivity contribution < 1.29 is 14.3 Å². The minimum atomic E-state index is -0.0933. The summed E-state index contributed by atoms with van der Waals surface area (Å²) in [6.45, 7) is 3.12.